The van der Waals surface area contributed by atoms with Gasteiger partial charge in [0, 0.05) is 29.9 Å². The Morgan fingerprint density at radius 3 is 2.54 bits per heavy atom. The summed E-state index contributed by atoms with van der Waals surface area (Å²) in [5, 5.41) is 0. The van der Waals surface area contributed by atoms with Crippen LogP contribution in [0.4, 0.5) is 14.6 Å². The molecular formula is C16H21F2N5S. The Morgan fingerprint density at radius 2 is 2.00 bits per heavy atom. The number of alkyl halides is 2. The molecule has 0 bridgehead atoms. The molecule has 0 aliphatic carbocycles. The molecule has 0 spiro atoms. The summed E-state index contributed by atoms with van der Waals surface area (Å²) in [6, 6.07) is 0.385. The van der Waals surface area contributed by atoms with Gasteiger partial charge in [-0.15, -0.1) is 0 Å². The van der Waals surface area contributed by atoms with Crippen molar-refractivity contribution >= 4 is 28.7 Å². The summed E-state index contributed by atoms with van der Waals surface area (Å²) >= 11 is 1.89. The quantitative estimate of drug-likeness (QED) is 0.829. The molecular weight excluding hydrogens is 332 g/mol. The van der Waals surface area contributed by atoms with Gasteiger partial charge in [0.15, 0.2) is 17.0 Å². The van der Waals surface area contributed by atoms with Gasteiger partial charge in [-0.3, -0.25) is 0 Å². The fourth-order valence-corrected chi connectivity index (χ4v) is 3.79. The minimum Gasteiger partial charge on any atom is -0.348 e. The molecule has 0 aromatic carbocycles. The maximum absolute atomic E-state index is 13.7. The molecule has 4 heterocycles. The minimum atomic E-state index is -2.66. The van der Waals surface area contributed by atoms with Crippen LogP contribution in [0.15, 0.2) is 6.33 Å². The third-order valence-electron chi connectivity index (χ3n) is 4.56. The Morgan fingerprint density at radius 1 is 1.25 bits per heavy atom. The van der Waals surface area contributed by atoms with Crippen LogP contribution in [0.2, 0.25) is 0 Å². The van der Waals surface area contributed by atoms with E-state index in [2.05, 4.69) is 14.5 Å². The number of hydrogen-bond donors (Lipinski definition) is 0. The number of fused-ring (bicyclic) bond motifs is 1. The van der Waals surface area contributed by atoms with Crippen molar-refractivity contribution in [2.75, 3.05) is 29.5 Å². The summed E-state index contributed by atoms with van der Waals surface area (Å²) in [4.78, 5) is 15.5. The molecule has 2 aromatic rings. The molecule has 130 valence electrons. The van der Waals surface area contributed by atoms with E-state index in [1.54, 1.807) is 11.2 Å². The topological polar surface area (TPSA) is 46.8 Å². The summed E-state index contributed by atoms with van der Waals surface area (Å²) in [6.07, 6.45) is 1.65. The second-order valence-electron chi connectivity index (χ2n) is 7.66. The third kappa shape index (κ3) is 2.64. The summed E-state index contributed by atoms with van der Waals surface area (Å²) in [6.45, 7) is 6.12. The van der Waals surface area contributed by atoms with E-state index in [0.29, 0.717) is 29.7 Å². The van der Waals surface area contributed by atoms with Crippen molar-refractivity contribution < 1.29 is 8.78 Å². The van der Waals surface area contributed by atoms with Gasteiger partial charge in [0.2, 0.25) is 0 Å². The molecule has 2 aliphatic rings. The normalized spacial score (nSPS) is 21.5. The fourth-order valence-electron chi connectivity index (χ4n) is 3.03. The second kappa shape index (κ2) is 5.28. The van der Waals surface area contributed by atoms with E-state index in [9.17, 15) is 8.78 Å². The van der Waals surface area contributed by atoms with Crippen LogP contribution in [0.5, 0.6) is 0 Å². The lowest BCUT2D eigenvalue weighted by molar-refractivity contribution is 0.0257. The minimum absolute atomic E-state index is 0.136. The summed E-state index contributed by atoms with van der Waals surface area (Å²) in [5.41, 5.74) is 1.15. The number of thioether (sulfide) groups is 1. The highest BCUT2D eigenvalue weighted by atomic mass is 32.2. The van der Waals surface area contributed by atoms with Crippen LogP contribution >= 0.6 is 11.8 Å². The molecule has 2 aromatic heterocycles. The van der Waals surface area contributed by atoms with Crippen LogP contribution in [0.3, 0.4) is 0 Å². The largest absolute Gasteiger partial charge is 0.348 e. The standard InChI is InChI=1S/C16H21F2N5S/c1-15(2,3)14-20-12(22-5-4-16(17,18)8-22)11-13(21-14)23(9-19-11)10-6-24-7-10/h9-10H,4-8H2,1-3H3. The number of hydrogen-bond acceptors (Lipinski definition) is 5. The summed E-state index contributed by atoms with van der Waals surface area (Å²) < 4.78 is 29.5. The first-order chi connectivity index (χ1) is 11.2. The maximum Gasteiger partial charge on any atom is 0.266 e. The molecule has 2 aliphatic heterocycles. The molecule has 8 heteroatoms. The number of halogens is 2. The highest BCUT2D eigenvalue weighted by Crippen LogP contribution is 2.37. The van der Waals surface area contributed by atoms with Gasteiger partial charge in [-0.05, 0) is 0 Å². The first kappa shape index (κ1) is 16.1. The SMILES string of the molecule is CC(C)(C)c1nc(N2CCC(F)(F)C2)c2ncn(C3CSC3)c2n1. The van der Waals surface area contributed by atoms with E-state index in [0.717, 1.165) is 17.2 Å². The van der Waals surface area contributed by atoms with Crippen LogP contribution in [0.25, 0.3) is 11.2 Å². The van der Waals surface area contributed by atoms with Crippen molar-refractivity contribution in [2.45, 2.75) is 44.6 Å². The smallest absolute Gasteiger partial charge is 0.266 e. The van der Waals surface area contributed by atoms with Gasteiger partial charge in [0.05, 0.1) is 18.9 Å². The zero-order chi connectivity index (χ0) is 17.1. The van der Waals surface area contributed by atoms with Crippen LogP contribution in [-0.2, 0) is 5.41 Å². The molecule has 0 N–H and O–H groups in total. The molecule has 4 rings (SSSR count). The van der Waals surface area contributed by atoms with Gasteiger partial charge in [-0.25, -0.2) is 23.7 Å². The molecule has 0 saturated carbocycles. The molecule has 0 radical (unpaired) electrons. The van der Waals surface area contributed by atoms with Crippen LogP contribution in [-0.4, -0.2) is 50.0 Å². The van der Waals surface area contributed by atoms with Crippen molar-refractivity contribution in [1.29, 1.82) is 0 Å². The number of anilines is 1. The van der Waals surface area contributed by atoms with E-state index in [4.69, 9.17) is 4.98 Å². The first-order valence-electron chi connectivity index (χ1n) is 8.20. The first-order valence-corrected chi connectivity index (χ1v) is 9.36. The van der Waals surface area contributed by atoms with Gasteiger partial charge >= 0.3 is 0 Å². The Kier molecular flexibility index (Phi) is 3.53. The van der Waals surface area contributed by atoms with Gasteiger partial charge in [-0.1, -0.05) is 20.8 Å². The van der Waals surface area contributed by atoms with Crippen molar-refractivity contribution in [3.8, 4) is 0 Å². The van der Waals surface area contributed by atoms with Gasteiger partial charge in [0.1, 0.15) is 5.82 Å². The Labute approximate surface area is 143 Å². The predicted molar refractivity (Wildman–Crippen MR) is 92.2 cm³/mol. The van der Waals surface area contributed by atoms with Crippen LogP contribution in [0.1, 0.15) is 39.1 Å². The molecule has 5 nitrogen and oxygen atoms in total. The zero-order valence-electron chi connectivity index (χ0n) is 14.1. The van der Waals surface area contributed by atoms with E-state index >= 15 is 0 Å². The number of nitrogens with zero attached hydrogens (tertiary/aromatic N) is 5. The third-order valence-corrected chi connectivity index (χ3v) is 5.80. The average Bonchev–Trinajstić information content (AvgIpc) is 2.99. The lowest BCUT2D eigenvalue weighted by Crippen LogP contribution is -2.28. The maximum atomic E-state index is 13.7. The van der Waals surface area contributed by atoms with E-state index < -0.39 is 5.92 Å². The van der Waals surface area contributed by atoms with Crippen LogP contribution in [0, 0.1) is 0 Å². The summed E-state index contributed by atoms with van der Waals surface area (Å²) in [7, 11) is 0. The van der Waals surface area contributed by atoms with Crippen LogP contribution < -0.4 is 4.90 Å². The highest BCUT2D eigenvalue weighted by Gasteiger charge is 2.40. The number of rotatable bonds is 2. The predicted octanol–water partition coefficient (Wildman–Crippen LogP) is 3.26. The lowest BCUT2D eigenvalue weighted by Gasteiger charge is -2.27. The second-order valence-corrected chi connectivity index (χ2v) is 8.74. The Hall–Kier alpha value is -1.44. The van der Waals surface area contributed by atoms with Gasteiger partial charge in [-0.2, -0.15) is 11.8 Å². The number of aromatic nitrogens is 4. The number of imidazole rings is 1. The molecule has 2 fully saturated rings. The average molecular weight is 353 g/mol. The van der Waals surface area contributed by atoms with Gasteiger partial charge < -0.3 is 9.47 Å². The lowest BCUT2D eigenvalue weighted by atomic mass is 9.96. The van der Waals surface area contributed by atoms with Crippen molar-refractivity contribution in [3.63, 3.8) is 0 Å². The zero-order valence-corrected chi connectivity index (χ0v) is 14.9. The van der Waals surface area contributed by atoms with Gasteiger partial charge in [0.25, 0.3) is 5.92 Å². The molecule has 0 unspecified atom stereocenters. The Bertz CT molecular complexity index is 779. The molecule has 0 atom stereocenters. The molecule has 2 saturated heterocycles. The molecule has 0 amide bonds. The summed E-state index contributed by atoms with van der Waals surface area (Å²) in [5.74, 6) is 0.642. The fraction of sp³-hybridized carbons (Fsp3) is 0.688. The Balaban J connectivity index is 1.86. The van der Waals surface area contributed by atoms with E-state index in [1.807, 2.05) is 32.5 Å². The van der Waals surface area contributed by atoms with Crippen molar-refractivity contribution in [3.05, 3.63) is 12.2 Å². The highest BCUT2D eigenvalue weighted by molar-refractivity contribution is 8.00. The monoisotopic (exact) mass is 353 g/mol. The van der Waals surface area contributed by atoms with Crippen molar-refractivity contribution in [2.24, 2.45) is 0 Å². The van der Waals surface area contributed by atoms with Crippen molar-refractivity contribution in [1.82, 2.24) is 19.5 Å². The van der Waals surface area contributed by atoms with E-state index in [-0.39, 0.29) is 18.4 Å². The molecule has 24 heavy (non-hydrogen) atoms. The van der Waals surface area contributed by atoms with E-state index in [1.165, 1.54) is 0 Å².